The highest BCUT2D eigenvalue weighted by molar-refractivity contribution is 5.97. The summed E-state index contributed by atoms with van der Waals surface area (Å²) in [4.78, 5) is 16.3. The molecule has 0 bridgehead atoms. The number of nitrogens with zero attached hydrogens (tertiary/aromatic N) is 1. The van der Waals surface area contributed by atoms with Crippen molar-refractivity contribution in [2.24, 2.45) is 0 Å². The molecule has 0 saturated heterocycles. The van der Waals surface area contributed by atoms with Crippen LogP contribution in [0.15, 0.2) is 36.4 Å². The number of ether oxygens (including phenoxy) is 1. The molecule has 0 atom stereocenters. The predicted octanol–water partition coefficient (Wildman–Crippen LogP) is 3.70. The van der Waals surface area contributed by atoms with Gasteiger partial charge < -0.3 is 4.74 Å². The van der Waals surface area contributed by atoms with Crippen LogP contribution in [0.4, 0.5) is 0 Å². The Morgan fingerprint density at radius 3 is 2.74 bits per heavy atom. The minimum atomic E-state index is 0.128. The molecule has 3 nitrogen and oxygen atoms in total. The normalized spacial score (nSPS) is 14.1. The average molecular weight is 253 g/mol. The lowest BCUT2D eigenvalue weighted by molar-refractivity contribution is 0.0966. The van der Waals surface area contributed by atoms with Gasteiger partial charge in [0.25, 0.3) is 0 Å². The Morgan fingerprint density at radius 1 is 1.16 bits per heavy atom. The van der Waals surface area contributed by atoms with E-state index in [1.54, 1.807) is 0 Å². The minimum Gasteiger partial charge on any atom is -0.457 e. The highest BCUT2D eigenvalue weighted by Gasteiger charge is 2.23. The molecule has 0 radical (unpaired) electrons. The Hall–Kier alpha value is -2.16. The first kappa shape index (κ1) is 11.9. The van der Waals surface area contributed by atoms with Crippen LogP contribution in [0.25, 0.3) is 0 Å². The first-order chi connectivity index (χ1) is 9.24. The van der Waals surface area contributed by atoms with Gasteiger partial charge in [-0.3, -0.25) is 4.79 Å². The minimum absolute atomic E-state index is 0.128. The van der Waals surface area contributed by atoms with Gasteiger partial charge in [-0.2, -0.15) is 0 Å². The van der Waals surface area contributed by atoms with Crippen molar-refractivity contribution in [3.63, 3.8) is 0 Å². The summed E-state index contributed by atoms with van der Waals surface area (Å²) in [6.07, 6.45) is 2.33. The average Bonchev–Trinajstić information content (AvgIpc) is 2.41. The number of rotatable bonds is 2. The van der Waals surface area contributed by atoms with Crippen molar-refractivity contribution in [3.8, 4) is 11.5 Å². The Bertz CT molecular complexity index is 620. The highest BCUT2D eigenvalue weighted by atomic mass is 16.5. The monoisotopic (exact) mass is 253 g/mol. The third-order valence-corrected chi connectivity index (χ3v) is 3.28. The molecule has 1 aliphatic rings. The number of Topliss-reactive ketones (excluding diaryl/α,β-unsaturated/α-hetero) is 1. The summed E-state index contributed by atoms with van der Waals surface area (Å²) >= 11 is 0. The number of hydrogen-bond acceptors (Lipinski definition) is 3. The molecule has 0 amide bonds. The number of carbonyl (C=O) groups excluding carboxylic acids is 1. The Balaban J connectivity index is 2.04. The molecule has 0 aliphatic heterocycles. The zero-order valence-corrected chi connectivity index (χ0v) is 10.8. The second-order valence-electron chi connectivity index (χ2n) is 4.78. The first-order valence-corrected chi connectivity index (χ1v) is 6.50. The molecule has 1 aromatic carbocycles. The number of carbonyl (C=O) groups is 1. The number of benzene rings is 1. The molecular weight excluding hydrogens is 238 g/mol. The van der Waals surface area contributed by atoms with E-state index in [0.29, 0.717) is 12.1 Å². The number of ketones is 1. The number of pyridine rings is 1. The third-order valence-electron chi connectivity index (χ3n) is 3.28. The van der Waals surface area contributed by atoms with E-state index in [0.717, 1.165) is 35.6 Å². The van der Waals surface area contributed by atoms with Gasteiger partial charge in [-0.05, 0) is 31.9 Å². The molecule has 1 aliphatic carbocycles. The van der Waals surface area contributed by atoms with Crippen molar-refractivity contribution in [1.82, 2.24) is 4.98 Å². The largest absolute Gasteiger partial charge is 0.457 e. The van der Waals surface area contributed by atoms with E-state index in [1.807, 2.05) is 43.3 Å². The molecule has 2 aromatic rings. The molecule has 19 heavy (non-hydrogen) atoms. The molecule has 0 spiro atoms. The smallest absolute Gasteiger partial charge is 0.181 e. The van der Waals surface area contributed by atoms with Crippen molar-refractivity contribution in [3.05, 3.63) is 53.3 Å². The Labute approximate surface area is 112 Å². The van der Waals surface area contributed by atoms with Crippen LogP contribution >= 0.6 is 0 Å². The molecule has 1 aromatic heterocycles. The summed E-state index contributed by atoms with van der Waals surface area (Å²) in [6.45, 7) is 1.89. The van der Waals surface area contributed by atoms with Gasteiger partial charge in [-0.15, -0.1) is 0 Å². The highest BCUT2D eigenvalue weighted by Crippen LogP contribution is 2.32. The Morgan fingerprint density at radius 2 is 1.95 bits per heavy atom. The number of fused-ring (bicyclic) bond motifs is 1. The van der Waals surface area contributed by atoms with Crippen molar-refractivity contribution in [2.45, 2.75) is 26.2 Å². The second kappa shape index (κ2) is 4.84. The van der Waals surface area contributed by atoms with Crippen LogP contribution in [0, 0.1) is 6.92 Å². The molecular formula is C16H15NO2. The van der Waals surface area contributed by atoms with Crippen LogP contribution in [0.3, 0.4) is 0 Å². The lowest BCUT2D eigenvalue weighted by Gasteiger charge is -2.18. The maximum absolute atomic E-state index is 11.9. The van der Waals surface area contributed by atoms with Crippen LogP contribution < -0.4 is 4.74 Å². The molecule has 0 unspecified atom stereocenters. The zero-order chi connectivity index (χ0) is 13.2. The first-order valence-electron chi connectivity index (χ1n) is 6.50. The van der Waals surface area contributed by atoms with Crippen LogP contribution in [-0.4, -0.2) is 10.8 Å². The second-order valence-corrected chi connectivity index (χ2v) is 4.78. The van der Waals surface area contributed by atoms with E-state index in [9.17, 15) is 4.79 Å². The van der Waals surface area contributed by atoms with E-state index in [2.05, 4.69) is 4.98 Å². The van der Waals surface area contributed by atoms with Gasteiger partial charge in [-0.1, -0.05) is 18.2 Å². The summed E-state index contributed by atoms with van der Waals surface area (Å²) in [6, 6.07) is 11.5. The fourth-order valence-corrected chi connectivity index (χ4v) is 2.39. The molecule has 96 valence electrons. The van der Waals surface area contributed by atoms with Gasteiger partial charge in [0.1, 0.15) is 17.2 Å². The van der Waals surface area contributed by atoms with Crippen LogP contribution in [0.1, 0.15) is 34.6 Å². The molecule has 0 fully saturated rings. The lowest BCUT2D eigenvalue weighted by atomic mass is 9.94. The van der Waals surface area contributed by atoms with Crippen molar-refractivity contribution < 1.29 is 9.53 Å². The SMILES string of the molecule is Cc1cc(Oc2ccccc2)c2c(n1)C(=O)CCC2. The molecule has 0 saturated carbocycles. The van der Waals surface area contributed by atoms with Gasteiger partial charge in [0.05, 0.1) is 0 Å². The van der Waals surface area contributed by atoms with Gasteiger partial charge in [-0.25, -0.2) is 4.98 Å². The maximum Gasteiger partial charge on any atom is 0.181 e. The van der Waals surface area contributed by atoms with E-state index < -0.39 is 0 Å². The lowest BCUT2D eigenvalue weighted by Crippen LogP contribution is -2.14. The quantitative estimate of drug-likeness (QED) is 0.819. The number of para-hydroxylation sites is 1. The number of aromatic nitrogens is 1. The number of hydrogen-bond donors (Lipinski definition) is 0. The summed E-state index contributed by atoms with van der Waals surface area (Å²) in [5, 5.41) is 0. The molecule has 3 rings (SSSR count). The van der Waals surface area contributed by atoms with Crippen LogP contribution in [-0.2, 0) is 6.42 Å². The molecule has 0 N–H and O–H groups in total. The third kappa shape index (κ3) is 2.36. The predicted molar refractivity (Wildman–Crippen MR) is 72.8 cm³/mol. The molecule has 1 heterocycles. The van der Waals surface area contributed by atoms with E-state index >= 15 is 0 Å². The van der Waals surface area contributed by atoms with Gasteiger partial charge >= 0.3 is 0 Å². The van der Waals surface area contributed by atoms with E-state index in [4.69, 9.17) is 4.74 Å². The van der Waals surface area contributed by atoms with Crippen molar-refractivity contribution >= 4 is 5.78 Å². The van der Waals surface area contributed by atoms with Crippen LogP contribution in [0.5, 0.6) is 11.5 Å². The summed E-state index contributed by atoms with van der Waals surface area (Å²) in [5.74, 6) is 1.68. The summed E-state index contributed by atoms with van der Waals surface area (Å²) in [5.41, 5.74) is 2.36. The van der Waals surface area contributed by atoms with Gasteiger partial charge in [0, 0.05) is 23.7 Å². The van der Waals surface area contributed by atoms with E-state index in [1.165, 1.54) is 0 Å². The van der Waals surface area contributed by atoms with Crippen molar-refractivity contribution in [2.75, 3.05) is 0 Å². The van der Waals surface area contributed by atoms with Gasteiger partial charge in [0.2, 0.25) is 0 Å². The van der Waals surface area contributed by atoms with Crippen molar-refractivity contribution in [1.29, 1.82) is 0 Å². The maximum atomic E-state index is 11.9. The standard InChI is InChI=1S/C16H15NO2/c1-11-10-15(19-12-6-3-2-4-7-12)13-8-5-9-14(18)16(13)17-11/h2-4,6-7,10H,5,8-9H2,1H3. The topological polar surface area (TPSA) is 39.2 Å². The fraction of sp³-hybridized carbons (Fsp3) is 0.250. The van der Waals surface area contributed by atoms with Crippen LogP contribution in [0.2, 0.25) is 0 Å². The fourth-order valence-electron chi connectivity index (χ4n) is 2.39. The van der Waals surface area contributed by atoms with E-state index in [-0.39, 0.29) is 5.78 Å². The number of aryl methyl sites for hydroxylation is 1. The van der Waals surface area contributed by atoms with Gasteiger partial charge in [0.15, 0.2) is 5.78 Å². The Kier molecular flexibility index (Phi) is 3.03. The summed E-state index contributed by atoms with van der Waals surface area (Å²) < 4.78 is 5.91. The summed E-state index contributed by atoms with van der Waals surface area (Å²) in [7, 11) is 0. The zero-order valence-electron chi connectivity index (χ0n) is 10.8. The molecule has 3 heteroatoms.